The van der Waals surface area contributed by atoms with Gasteiger partial charge in [0.25, 0.3) is 0 Å². The summed E-state index contributed by atoms with van der Waals surface area (Å²) >= 11 is 0. The summed E-state index contributed by atoms with van der Waals surface area (Å²) < 4.78 is 18.9. The van der Waals surface area contributed by atoms with Crippen LogP contribution in [-0.2, 0) is 9.53 Å². The summed E-state index contributed by atoms with van der Waals surface area (Å²) in [5, 5.41) is 0. The molecule has 1 unspecified atom stereocenters. The highest BCUT2D eigenvalue weighted by Gasteiger charge is 2.23. The zero-order chi connectivity index (χ0) is 16.1. The normalized spacial score (nSPS) is 18.3. The van der Waals surface area contributed by atoms with Crippen LogP contribution in [0.25, 0.3) is 6.08 Å². The number of rotatable bonds is 3. The number of hydrogen-bond donors (Lipinski definition) is 0. The number of carbonyl (C=O) groups excluding carboxylic acids is 1. The minimum Gasteiger partial charge on any atom is -0.370 e. The van der Waals surface area contributed by atoms with Gasteiger partial charge in [-0.05, 0) is 29.3 Å². The Morgan fingerprint density at radius 2 is 2.00 bits per heavy atom. The van der Waals surface area contributed by atoms with Gasteiger partial charge in [0.05, 0.1) is 13.2 Å². The molecule has 0 aromatic heterocycles. The number of morpholine rings is 1. The maximum Gasteiger partial charge on any atom is 0.246 e. The average molecular weight is 311 g/mol. The Morgan fingerprint density at radius 1 is 1.17 bits per heavy atom. The Balaban J connectivity index is 1.65. The monoisotopic (exact) mass is 311 g/mol. The molecule has 2 aromatic carbocycles. The van der Waals surface area contributed by atoms with Crippen molar-refractivity contribution in [2.75, 3.05) is 19.7 Å². The molecule has 0 N–H and O–H groups in total. The highest BCUT2D eigenvalue weighted by Crippen LogP contribution is 2.22. The van der Waals surface area contributed by atoms with E-state index in [0.717, 1.165) is 5.56 Å². The average Bonchev–Trinajstić information content (AvgIpc) is 2.61. The molecule has 1 atom stereocenters. The fourth-order valence-electron chi connectivity index (χ4n) is 2.60. The lowest BCUT2D eigenvalue weighted by Gasteiger charge is -2.32. The van der Waals surface area contributed by atoms with Crippen molar-refractivity contribution in [1.29, 1.82) is 0 Å². The second-order valence-corrected chi connectivity index (χ2v) is 5.44. The first-order valence-corrected chi connectivity index (χ1v) is 7.61. The van der Waals surface area contributed by atoms with Crippen molar-refractivity contribution < 1.29 is 13.9 Å². The lowest BCUT2D eigenvalue weighted by atomic mass is 10.1. The van der Waals surface area contributed by atoms with E-state index < -0.39 is 0 Å². The van der Waals surface area contributed by atoms with Crippen LogP contribution in [0, 0.1) is 5.82 Å². The number of ether oxygens (including phenoxy) is 1. The van der Waals surface area contributed by atoms with Crippen molar-refractivity contribution in [3.8, 4) is 0 Å². The molecule has 0 spiro atoms. The largest absolute Gasteiger partial charge is 0.370 e. The first-order valence-electron chi connectivity index (χ1n) is 7.61. The van der Waals surface area contributed by atoms with Crippen LogP contribution < -0.4 is 0 Å². The first kappa shape index (κ1) is 15.4. The fraction of sp³-hybridized carbons (Fsp3) is 0.211. The molecule has 0 bridgehead atoms. The Hall–Kier alpha value is -2.46. The van der Waals surface area contributed by atoms with Crippen molar-refractivity contribution in [3.05, 3.63) is 77.6 Å². The summed E-state index contributed by atoms with van der Waals surface area (Å²) in [6, 6.07) is 16.0. The molecule has 1 saturated heterocycles. The number of nitrogens with zero attached hydrogens (tertiary/aromatic N) is 1. The Morgan fingerprint density at radius 3 is 2.78 bits per heavy atom. The smallest absolute Gasteiger partial charge is 0.246 e. The maximum atomic E-state index is 13.1. The first-order chi connectivity index (χ1) is 11.2. The van der Waals surface area contributed by atoms with Crippen molar-refractivity contribution in [2.24, 2.45) is 0 Å². The standard InChI is InChI=1S/C19H18FNO2/c20-17-8-4-5-15(13-17)9-10-19(22)21-11-12-23-18(14-21)16-6-2-1-3-7-16/h1-10,13,18H,11-12,14H2/b10-9+. The van der Waals surface area contributed by atoms with E-state index in [1.165, 1.54) is 18.2 Å². The van der Waals surface area contributed by atoms with E-state index in [0.29, 0.717) is 25.3 Å². The van der Waals surface area contributed by atoms with Gasteiger partial charge in [0.15, 0.2) is 0 Å². The molecule has 3 nitrogen and oxygen atoms in total. The quantitative estimate of drug-likeness (QED) is 0.813. The Kier molecular flexibility index (Phi) is 4.83. The van der Waals surface area contributed by atoms with Gasteiger partial charge in [-0.3, -0.25) is 4.79 Å². The molecular formula is C19H18FNO2. The van der Waals surface area contributed by atoms with Gasteiger partial charge in [-0.1, -0.05) is 42.5 Å². The van der Waals surface area contributed by atoms with E-state index in [9.17, 15) is 9.18 Å². The zero-order valence-corrected chi connectivity index (χ0v) is 12.7. The lowest BCUT2D eigenvalue weighted by molar-refractivity contribution is -0.133. The minimum absolute atomic E-state index is 0.0847. The van der Waals surface area contributed by atoms with Gasteiger partial charge in [0, 0.05) is 12.6 Å². The third-order valence-corrected chi connectivity index (χ3v) is 3.82. The van der Waals surface area contributed by atoms with Crippen LogP contribution >= 0.6 is 0 Å². The molecule has 1 heterocycles. The van der Waals surface area contributed by atoms with Crippen molar-refractivity contribution in [1.82, 2.24) is 4.90 Å². The van der Waals surface area contributed by atoms with E-state index in [1.54, 1.807) is 23.1 Å². The van der Waals surface area contributed by atoms with Crippen LogP contribution in [0.15, 0.2) is 60.7 Å². The highest BCUT2D eigenvalue weighted by atomic mass is 19.1. The van der Waals surface area contributed by atoms with Gasteiger partial charge in [-0.2, -0.15) is 0 Å². The van der Waals surface area contributed by atoms with Gasteiger partial charge in [0.1, 0.15) is 11.9 Å². The molecule has 1 fully saturated rings. The van der Waals surface area contributed by atoms with Crippen LogP contribution in [0.1, 0.15) is 17.2 Å². The molecule has 1 aliphatic heterocycles. The number of amides is 1. The minimum atomic E-state index is -0.310. The SMILES string of the molecule is O=C(/C=C/c1cccc(F)c1)N1CCOC(c2ccccc2)C1. The fourth-order valence-corrected chi connectivity index (χ4v) is 2.60. The van der Waals surface area contributed by atoms with E-state index in [4.69, 9.17) is 4.74 Å². The van der Waals surface area contributed by atoms with E-state index in [1.807, 2.05) is 30.3 Å². The third-order valence-electron chi connectivity index (χ3n) is 3.82. The number of benzene rings is 2. The topological polar surface area (TPSA) is 29.5 Å². The second kappa shape index (κ2) is 7.20. The Bertz CT molecular complexity index is 700. The molecule has 1 amide bonds. The summed E-state index contributed by atoms with van der Waals surface area (Å²) in [4.78, 5) is 14.1. The van der Waals surface area contributed by atoms with E-state index >= 15 is 0 Å². The molecular weight excluding hydrogens is 293 g/mol. The van der Waals surface area contributed by atoms with Crippen LogP contribution in [0.4, 0.5) is 4.39 Å². The van der Waals surface area contributed by atoms with E-state index in [2.05, 4.69) is 0 Å². The van der Waals surface area contributed by atoms with Gasteiger partial charge >= 0.3 is 0 Å². The van der Waals surface area contributed by atoms with Crippen molar-refractivity contribution >= 4 is 12.0 Å². The van der Waals surface area contributed by atoms with Crippen LogP contribution in [0.5, 0.6) is 0 Å². The Labute approximate surface area is 135 Å². The van der Waals surface area contributed by atoms with Crippen LogP contribution in [0.3, 0.4) is 0 Å². The van der Waals surface area contributed by atoms with Gasteiger partial charge in [-0.15, -0.1) is 0 Å². The molecule has 23 heavy (non-hydrogen) atoms. The summed E-state index contributed by atoms with van der Waals surface area (Å²) in [6.45, 7) is 1.60. The van der Waals surface area contributed by atoms with Gasteiger partial charge < -0.3 is 9.64 Å². The maximum absolute atomic E-state index is 13.1. The molecule has 118 valence electrons. The number of halogens is 1. The molecule has 0 radical (unpaired) electrons. The summed E-state index contributed by atoms with van der Waals surface area (Å²) in [5.74, 6) is -0.395. The van der Waals surface area contributed by atoms with E-state index in [-0.39, 0.29) is 17.8 Å². The molecule has 0 aliphatic carbocycles. The highest BCUT2D eigenvalue weighted by molar-refractivity contribution is 5.91. The molecule has 1 aliphatic rings. The molecule has 3 rings (SSSR count). The molecule has 4 heteroatoms. The summed E-state index contributed by atoms with van der Waals surface area (Å²) in [5.41, 5.74) is 1.74. The number of hydrogen-bond acceptors (Lipinski definition) is 2. The lowest BCUT2D eigenvalue weighted by Crippen LogP contribution is -2.41. The summed E-state index contributed by atoms with van der Waals surface area (Å²) in [7, 11) is 0. The van der Waals surface area contributed by atoms with Gasteiger partial charge in [-0.25, -0.2) is 4.39 Å². The number of carbonyl (C=O) groups is 1. The second-order valence-electron chi connectivity index (χ2n) is 5.44. The van der Waals surface area contributed by atoms with Gasteiger partial charge in [0.2, 0.25) is 5.91 Å². The third kappa shape index (κ3) is 4.05. The summed E-state index contributed by atoms with van der Waals surface area (Å²) in [6.07, 6.45) is 3.03. The van der Waals surface area contributed by atoms with Crippen molar-refractivity contribution in [2.45, 2.75) is 6.10 Å². The molecule has 0 saturated carbocycles. The predicted octanol–water partition coefficient (Wildman–Crippen LogP) is 3.44. The van der Waals surface area contributed by atoms with Crippen LogP contribution in [0.2, 0.25) is 0 Å². The van der Waals surface area contributed by atoms with Crippen LogP contribution in [-0.4, -0.2) is 30.5 Å². The predicted molar refractivity (Wildman–Crippen MR) is 87.1 cm³/mol. The van der Waals surface area contributed by atoms with Crippen molar-refractivity contribution in [3.63, 3.8) is 0 Å². The molecule has 2 aromatic rings. The zero-order valence-electron chi connectivity index (χ0n) is 12.7.